The molecule has 1 aliphatic heterocycles. The Bertz CT molecular complexity index is 606. The van der Waals surface area contributed by atoms with Crippen molar-refractivity contribution in [2.24, 2.45) is 0 Å². The highest BCUT2D eigenvalue weighted by molar-refractivity contribution is 5.93. The van der Waals surface area contributed by atoms with Gasteiger partial charge in [0.2, 0.25) is 0 Å². The Kier molecular flexibility index (Phi) is 3.28. The molecule has 1 aromatic carbocycles. The summed E-state index contributed by atoms with van der Waals surface area (Å²) in [6.45, 7) is 6.32. The third kappa shape index (κ3) is 2.14. The van der Waals surface area contributed by atoms with Crippen molar-refractivity contribution >= 4 is 22.7 Å². The maximum Gasteiger partial charge on any atom is 0.176 e. The van der Waals surface area contributed by atoms with E-state index in [9.17, 15) is 0 Å². The molecule has 0 spiro atoms. The van der Waals surface area contributed by atoms with Gasteiger partial charge >= 0.3 is 0 Å². The molecule has 0 amide bonds. The molecular weight excluding hydrogens is 236 g/mol. The summed E-state index contributed by atoms with van der Waals surface area (Å²) in [6.07, 6.45) is 8.11. The summed E-state index contributed by atoms with van der Waals surface area (Å²) >= 11 is 0. The minimum Gasteiger partial charge on any atom is -0.371 e. The minimum atomic E-state index is 0.915. The van der Waals surface area contributed by atoms with Gasteiger partial charge in [-0.1, -0.05) is 17.3 Å². The number of piperidine rings is 1. The van der Waals surface area contributed by atoms with Crippen molar-refractivity contribution in [1.82, 2.24) is 5.16 Å². The molecule has 0 bridgehead atoms. The number of anilines is 1. The van der Waals surface area contributed by atoms with E-state index >= 15 is 0 Å². The molecule has 3 nitrogen and oxygen atoms in total. The van der Waals surface area contributed by atoms with Crippen molar-refractivity contribution in [3.05, 3.63) is 29.5 Å². The van der Waals surface area contributed by atoms with Crippen LogP contribution in [0, 0.1) is 6.92 Å². The highest BCUT2D eigenvalue weighted by Crippen LogP contribution is 2.33. The predicted octanol–water partition coefficient (Wildman–Crippen LogP) is 4.16. The Morgan fingerprint density at radius 2 is 2.00 bits per heavy atom. The fourth-order valence-electron chi connectivity index (χ4n) is 2.87. The molecule has 2 aromatic rings. The zero-order valence-corrected chi connectivity index (χ0v) is 11.6. The summed E-state index contributed by atoms with van der Waals surface area (Å²) in [5, 5.41) is 5.22. The predicted molar refractivity (Wildman–Crippen MR) is 79.5 cm³/mol. The fourth-order valence-corrected chi connectivity index (χ4v) is 2.87. The quantitative estimate of drug-likeness (QED) is 0.808. The molecule has 0 saturated carbocycles. The second-order valence-corrected chi connectivity index (χ2v) is 5.19. The first kappa shape index (κ1) is 12.3. The first-order chi connectivity index (χ1) is 9.31. The molecule has 0 unspecified atom stereocenters. The Hall–Kier alpha value is -1.77. The minimum absolute atomic E-state index is 0.915. The molecule has 2 heterocycles. The van der Waals surface area contributed by atoms with Crippen LogP contribution in [0.4, 0.5) is 5.69 Å². The number of rotatable bonds is 2. The van der Waals surface area contributed by atoms with Crippen LogP contribution in [0.5, 0.6) is 0 Å². The van der Waals surface area contributed by atoms with Crippen LogP contribution in [0.3, 0.4) is 0 Å². The maximum absolute atomic E-state index is 5.54. The maximum atomic E-state index is 5.54. The van der Waals surface area contributed by atoms with E-state index in [0.29, 0.717) is 0 Å². The van der Waals surface area contributed by atoms with Crippen molar-refractivity contribution in [3.63, 3.8) is 0 Å². The molecule has 1 aromatic heterocycles. The van der Waals surface area contributed by atoms with Gasteiger partial charge in [0.05, 0.1) is 5.69 Å². The lowest BCUT2D eigenvalue weighted by Crippen LogP contribution is -2.29. The van der Waals surface area contributed by atoms with Crippen LogP contribution < -0.4 is 4.90 Å². The molecule has 100 valence electrons. The number of hydrogen-bond acceptors (Lipinski definition) is 3. The van der Waals surface area contributed by atoms with Gasteiger partial charge in [0.15, 0.2) is 5.58 Å². The summed E-state index contributed by atoms with van der Waals surface area (Å²) in [7, 11) is 0. The largest absolute Gasteiger partial charge is 0.371 e. The molecule has 1 saturated heterocycles. The molecule has 3 rings (SSSR count). The van der Waals surface area contributed by atoms with E-state index in [4.69, 9.17) is 4.52 Å². The zero-order chi connectivity index (χ0) is 13.2. The van der Waals surface area contributed by atoms with Crippen LogP contribution >= 0.6 is 0 Å². The van der Waals surface area contributed by atoms with Gasteiger partial charge in [-0.05, 0) is 45.2 Å². The Labute approximate surface area is 113 Å². The van der Waals surface area contributed by atoms with Gasteiger partial charge in [0.1, 0.15) is 0 Å². The molecule has 1 aliphatic rings. The summed E-state index contributed by atoms with van der Waals surface area (Å²) in [4.78, 5) is 2.47. The van der Waals surface area contributed by atoms with E-state index in [-0.39, 0.29) is 0 Å². The Morgan fingerprint density at radius 3 is 2.74 bits per heavy atom. The topological polar surface area (TPSA) is 29.3 Å². The Balaban J connectivity index is 2.14. The van der Waals surface area contributed by atoms with Crippen molar-refractivity contribution in [1.29, 1.82) is 0 Å². The SMILES string of the molecule is CC=Cc1c(N2CCCCC2)ccc2c(C)noc12. The zero-order valence-electron chi connectivity index (χ0n) is 11.6. The normalized spacial score (nSPS) is 16.6. The lowest BCUT2D eigenvalue weighted by Gasteiger charge is -2.30. The average Bonchev–Trinajstić information content (AvgIpc) is 2.83. The summed E-state index contributed by atoms with van der Waals surface area (Å²) in [5.41, 5.74) is 4.33. The second kappa shape index (κ2) is 5.08. The summed E-state index contributed by atoms with van der Waals surface area (Å²) < 4.78 is 5.54. The molecular formula is C16H20N2O. The van der Waals surface area contributed by atoms with Gasteiger partial charge < -0.3 is 9.42 Å². The van der Waals surface area contributed by atoms with E-state index in [2.05, 4.69) is 34.3 Å². The number of fused-ring (bicyclic) bond motifs is 1. The standard InChI is InChI=1S/C16H20N2O/c1-3-7-14-15(18-10-5-4-6-11-18)9-8-13-12(2)17-19-16(13)14/h3,7-9H,4-6,10-11H2,1-2H3. The summed E-state index contributed by atoms with van der Waals surface area (Å²) in [6, 6.07) is 4.35. The van der Waals surface area contributed by atoms with Gasteiger partial charge in [0.25, 0.3) is 0 Å². The first-order valence-electron chi connectivity index (χ1n) is 7.08. The number of nitrogens with zero attached hydrogens (tertiary/aromatic N) is 2. The van der Waals surface area contributed by atoms with Crippen LogP contribution in [0.1, 0.15) is 37.4 Å². The number of benzene rings is 1. The van der Waals surface area contributed by atoms with E-state index in [1.165, 1.54) is 30.5 Å². The number of hydrogen-bond donors (Lipinski definition) is 0. The third-order valence-corrected chi connectivity index (χ3v) is 3.87. The average molecular weight is 256 g/mol. The second-order valence-electron chi connectivity index (χ2n) is 5.19. The van der Waals surface area contributed by atoms with E-state index in [0.717, 1.165) is 29.8 Å². The number of aromatic nitrogens is 1. The van der Waals surface area contributed by atoms with Crippen molar-refractivity contribution < 1.29 is 4.52 Å². The first-order valence-corrected chi connectivity index (χ1v) is 7.08. The van der Waals surface area contributed by atoms with E-state index < -0.39 is 0 Å². The molecule has 0 atom stereocenters. The van der Waals surface area contributed by atoms with Crippen LogP contribution in [-0.4, -0.2) is 18.2 Å². The van der Waals surface area contributed by atoms with Gasteiger partial charge in [-0.15, -0.1) is 0 Å². The highest BCUT2D eigenvalue weighted by atomic mass is 16.5. The van der Waals surface area contributed by atoms with Crippen molar-refractivity contribution in [2.75, 3.05) is 18.0 Å². The van der Waals surface area contributed by atoms with Crippen LogP contribution in [0.15, 0.2) is 22.7 Å². The van der Waals surface area contributed by atoms with Gasteiger partial charge in [-0.3, -0.25) is 0 Å². The molecule has 0 radical (unpaired) electrons. The molecule has 0 N–H and O–H groups in total. The lowest BCUT2D eigenvalue weighted by atomic mass is 10.0. The van der Waals surface area contributed by atoms with Crippen LogP contribution in [-0.2, 0) is 0 Å². The van der Waals surface area contributed by atoms with E-state index in [1.54, 1.807) is 0 Å². The highest BCUT2D eigenvalue weighted by Gasteiger charge is 2.18. The summed E-state index contributed by atoms with van der Waals surface area (Å²) in [5.74, 6) is 0. The third-order valence-electron chi connectivity index (χ3n) is 3.87. The van der Waals surface area contributed by atoms with E-state index in [1.807, 2.05) is 13.8 Å². The van der Waals surface area contributed by atoms with Gasteiger partial charge in [-0.2, -0.15) is 0 Å². The smallest absolute Gasteiger partial charge is 0.176 e. The number of aryl methyl sites for hydroxylation is 1. The van der Waals surface area contributed by atoms with Gasteiger partial charge in [0, 0.05) is 29.7 Å². The molecule has 19 heavy (non-hydrogen) atoms. The Morgan fingerprint density at radius 1 is 1.21 bits per heavy atom. The fraction of sp³-hybridized carbons (Fsp3) is 0.438. The lowest BCUT2D eigenvalue weighted by molar-refractivity contribution is 0.450. The van der Waals surface area contributed by atoms with Crippen molar-refractivity contribution in [2.45, 2.75) is 33.1 Å². The molecule has 0 aliphatic carbocycles. The monoisotopic (exact) mass is 256 g/mol. The molecule has 1 fully saturated rings. The van der Waals surface area contributed by atoms with Gasteiger partial charge in [-0.25, -0.2) is 0 Å². The van der Waals surface area contributed by atoms with Crippen molar-refractivity contribution in [3.8, 4) is 0 Å². The number of allylic oxidation sites excluding steroid dienone is 1. The van der Waals surface area contributed by atoms with Crippen LogP contribution in [0.2, 0.25) is 0 Å². The van der Waals surface area contributed by atoms with Crippen LogP contribution in [0.25, 0.3) is 17.0 Å². The molecule has 3 heteroatoms.